The SMILES string of the molecule is CCNC(=NCc1coc(-c2ccccc2)n1)NCCNC(=O)C1CC1. The number of nitrogens with one attached hydrogen (secondary N) is 3. The maximum absolute atomic E-state index is 11.6. The van der Waals surface area contributed by atoms with Crippen molar-refractivity contribution < 1.29 is 9.21 Å². The van der Waals surface area contributed by atoms with Gasteiger partial charge in [0, 0.05) is 31.1 Å². The van der Waals surface area contributed by atoms with Crippen LogP contribution >= 0.6 is 0 Å². The molecule has 0 spiro atoms. The third-order valence-electron chi connectivity index (χ3n) is 3.98. The first-order valence-electron chi connectivity index (χ1n) is 9.06. The van der Waals surface area contributed by atoms with Gasteiger partial charge in [-0.05, 0) is 31.9 Å². The number of amides is 1. The smallest absolute Gasteiger partial charge is 0.226 e. The summed E-state index contributed by atoms with van der Waals surface area (Å²) in [6.45, 7) is 4.39. The van der Waals surface area contributed by atoms with E-state index in [0.29, 0.717) is 31.5 Å². The molecule has 7 nitrogen and oxygen atoms in total. The van der Waals surface area contributed by atoms with Gasteiger partial charge in [0.15, 0.2) is 5.96 Å². The minimum atomic E-state index is 0.157. The average Bonchev–Trinajstić information content (AvgIpc) is 3.42. The van der Waals surface area contributed by atoms with Gasteiger partial charge in [-0.15, -0.1) is 0 Å². The van der Waals surface area contributed by atoms with Crippen molar-refractivity contribution in [2.75, 3.05) is 19.6 Å². The normalized spacial score (nSPS) is 14.1. The number of aliphatic imine (C=N–C) groups is 1. The van der Waals surface area contributed by atoms with Crippen LogP contribution in [0.1, 0.15) is 25.5 Å². The monoisotopic (exact) mass is 355 g/mol. The Kier molecular flexibility index (Phi) is 6.24. The summed E-state index contributed by atoms with van der Waals surface area (Å²) in [7, 11) is 0. The molecule has 138 valence electrons. The number of benzene rings is 1. The minimum Gasteiger partial charge on any atom is -0.444 e. The molecule has 1 aromatic carbocycles. The molecule has 1 fully saturated rings. The van der Waals surface area contributed by atoms with Gasteiger partial charge in [-0.25, -0.2) is 9.98 Å². The molecule has 2 aromatic rings. The van der Waals surface area contributed by atoms with Crippen molar-refractivity contribution in [1.29, 1.82) is 0 Å². The van der Waals surface area contributed by atoms with E-state index in [1.54, 1.807) is 6.26 Å². The molecular formula is C19H25N5O2. The van der Waals surface area contributed by atoms with E-state index in [1.165, 1.54) is 0 Å². The zero-order chi connectivity index (χ0) is 18.2. The summed E-state index contributed by atoms with van der Waals surface area (Å²) in [6, 6.07) is 9.78. The largest absolute Gasteiger partial charge is 0.444 e. The van der Waals surface area contributed by atoms with E-state index < -0.39 is 0 Å². The van der Waals surface area contributed by atoms with Gasteiger partial charge in [0.2, 0.25) is 11.8 Å². The minimum absolute atomic E-state index is 0.157. The Morgan fingerprint density at radius 3 is 2.69 bits per heavy atom. The summed E-state index contributed by atoms with van der Waals surface area (Å²) in [4.78, 5) is 20.6. The van der Waals surface area contributed by atoms with Crippen LogP contribution in [0.15, 0.2) is 46.0 Å². The number of carbonyl (C=O) groups excluding carboxylic acids is 1. The van der Waals surface area contributed by atoms with Gasteiger partial charge >= 0.3 is 0 Å². The Bertz CT molecular complexity index is 737. The molecule has 3 N–H and O–H groups in total. The summed E-state index contributed by atoms with van der Waals surface area (Å²) in [5, 5.41) is 9.32. The summed E-state index contributed by atoms with van der Waals surface area (Å²) < 4.78 is 5.53. The molecule has 1 saturated carbocycles. The number of hydrogen-bond acceptors (Lipinski definition) is 4. The Balaban J connectivity index is 1.48. The predicted octanol–water partition coefficient (Wildman–Crippen LogP) is 1.92. The van der Waals surface area contributed by atoms with Crippen molar-refractivity contribution >= 4 is 11.9 Å². The average molecular weight is 355 g/mol. The van der Waals surface area contributed by atoms with Crippen molar-refractivity contribution in [3.05, 3.63) is 42.3 Å². The molecule has 0 radical (unpaired) electrons. The fourth-order valence-electron chi connectivity index (χ4n) is 2.45. The number of rotatable bonds is 8. The van der Waals surface area contributed by atoms with Gasteiger partial charge in [-0.2, -0.15) is 0 Å². The fourth-order valence-corrected chi connectivity index (χ4v) is 2.45. The number of carbonyl (C=O) groups is 1. The van der Waals surface area contributed by atoms with Crippen LogP contribution in [0, 0.1) is 5.92 Å². The lowest BCUT2D eigenvalue weighted by Gasteiger charge is -2.11. The lowest BCUT2D eigenvalue weighted by atomic mass is 10.2. The van der Waals surface area contributed by atoms with Crippen molar-refractivity contribution in [3.8, 4) is 11.5 Å². The van der Waals surface area contributed by atoms with Gasteiger partial charge in [-0.3, -0.25) is 4.79 Å². The van der Waals surface area contributed by atoms with E-state index in [2.05, 4.69) is 25.9 Å². The molecule has 7 heteroatoms. The lowest BCUT2D eigenvalue weighted by Crippen LogP contribution is -2.41. The third kappa shape index (κ3) is 5.34. The summed E-state index contributed by atoms with van der Waals surface area (Å²) in [5.74, 6) is 1.68. The Labute approximate surface area is 153 Å². The first-order valence-corrected chi connectivity index (χ1v) is 9.06. The van der Waals surface area contributed by atoms with Crippen LogP contribution in [0.4, 0.5) is 0 Å². The van der Waals surface area contributed by atoms with Crippen LogP contribution in [0.3, 0.4) is 0 Å². The number of hydrogen-bond donors (Lipinski definition) is 3. The van der Waals surface area contributed by atoms with E-state index in [-0.39, 0.29) is 11.8 Å². The molecular weight excluding hydrogens is 330 g/mol. The van der Waals surface area contributed by atoms with E-state index in [1.807, 2.05) is 37.3 Å². The second-order valence-electron chi connectivity index (χ2n) is 6.20. The van der Waals surface area contributed by atoms with Crippen LogP contribution < -0.4 is 16.0 Å². The highest BCUT2D eigenvalue weighted by Crippen LogP contribution is 2.28. The van der Waals surface area contributed by atoms with Gasteiger partial charge in [0.25, 0.3) is 0 Å². The molecule has 3 rings (SSSR count). The van der Waals surface area contributed by atoms with E-state index in [9.17, 15) is 4.79 Å². The molecule has 0 atom stereocenters. The van der Waals surface area contributed by atoms with Gasteiger partial charge in [0.05, 0.1) is 6.54 Å². The summed E-state index contributed by atoms with van der Waals surface area (Å²) in [5.41, 5.74) is 1.71. The van der Waals surface area contributed by atoms with Crippen LogP contribution in [0.25, 0.3) is 11.5 Å². The highest BCUT2D eigenvalue weighted by atomic mass is 16.3. The van der Waals surface area contributed by atoms with Gasteiger partial charge in [0.1, 0.15) is 12.0 Å². The summed E-state index contributed by atoms with van der Waals surface area (Å²) >= 11 is 0. The molecule has 0 aliphatic heterocycles. The zero-order valence-corrected chi connectivity index (χ0v) is 15.0. The third-order valence-corrected chi connectivity index (χ3v) is 3.98. The number of oxazole rings is 1. The van der Waals surface area contributed by atoms with Crippen molar-refractivity contribution in [3.63, 3.8) is 0 Å². The first-order chi connectivity index (χ1) is 12.8. The van der Waals surface area contributed by atoms with E-state index in [4.69, 9.17) is 4.42 Å². The van der Waals surface area contributed by atoms with E-state index >= 15 is 0 Å². The van der Waals surface area contributed by atoms with Crippen LogP contribution in [-0.4, -0.2) is 36.5 Å². The molecule has 26 heavy (non-hydrogen) atoms. The molecule has 1 aliphatic carbocycles. The lowest BCUT2D eigenvalue weighted by molar-refractivity contribution is -0.122. The van der Waals surface area contributed by atoms with Gasteiger partial charge in [-0.1, -0.05) is 18.2 Å². The standard InChI is InChI=1S/C19H25N5O2/c1-2-20-19(22-11-10-21-17(25)14-8-9-14)23-12-16-13-26-18(24-16)15-6-4-3-5-7-15/h3-7,13-14H,2,8-12H2,1H3,(H,21,25)(H2,20,22,23). The number of aromatic nitrogens is 1. The Morgan fingerprint density at radius 2 is 1.96 bits per heavy atom. The molecule has 1 amide bonds. The fraction of sp³-hybridized carbons (Fsp3) is 0.421. The molecule has 1 aromatic heterocycles. The quantitative estimate of drug-likeness (QED) is 0.382. The molecule has 0 saturated heterocycles. The second kappa shape index (κ2) is 9.03. The van der Waals surface area contributed by atoms with Gasteiger partial charge < -0.3 is 20.4 Å². The van der Waals surface area contributed by atoms with Crippen LogP contribution in [0.5, 0.6) is 0 Å². The van der Waals surface area contributed by atoms with Crippen molar-refractivity contribution in [1.82, 2.24) is 20.9 Å². The second-order valence-corrected chi connectivity index (χ2v) is 6.20. The maximum atomic E-state index is 11.6. The molecule has 0 bridgehead atoms. The predicted molar refractivity (Wildman–Crippen MR) is 100 cm³/mol. The zero-order valence-electron chi connectivity index (χ0n) is 15.0. The first kappa shape index (κ1) is 18.0. The highest BCUT2D eigenvalue weighted by molar-refractivity contribution is 5.81. The molecule has 0 unspecified atom stereocenters. The summed E-state index contributed by atoms with van der Waals surface area (Å²) in [6.07, 6.45) is 3.67. The van der Waals surface area contributed by atoms with Crippen LogP contribution in [0.2, 0.25) is 0 Å². The number of guanidine groups is 1. The van der Waals surface area contributed by atoms with Crippen LogP contribution in [-0.2, 0) is 11.3 Å². The molecule has 1 aliphatic rings. The topological polar surface area (TPSA) is 91.6 Å². The van der Waals surface area contributed by atoms with E-state index in [0.717, 1.165) is 30.6 Å². The van der Waals surface area contributed by atoms with Crippen molar-refractivity contribution in [2.45, 2.75) is 26.3 Å². The highest BCUT2D eigenvalue weighted by Gasteiger charge is 2.28. The Morgan fingerprint density at radius 1 is 1.19 bits per heavy atom. The number of nitrogens with zero attached hydrogens (tertiary/aromatic N) is 2. The Hall–Kier alpha value is -2.83. The van der Waals surface area contributed by atoms with Crippen molar-refractivity contribution in [2.24, 2.45) is 10.9 Å². The maximum Gasteiger partial charge on any atom is 0.226 e. The molecule has 1 heterocycles.